The van der Waals surface area contributed by atoms with E-state index in [0.29, 0.717) is 24.5 Å². The van der Waals surface area contributed by atoms with Gasteiger partial charge in [-0.2, -0.15) is 0 Å². The zero-order valence-corrected chi connectivity index (χ0v) is 15.4. The van der Waals surface area contributed by atoms with Gasteiger partial charge in [0.25, 0.3) is 11.6 Å². The van der Waals surface area contributed by atoms with Gasteiger partial charge in [-0.3, -0.25) is 14.9 Å². The van der Waals surface area contributed by atoms with E-state index in [2.05, 4.69) is 10.2 Å². The molecule has 0 spiro atoms. The Kier molecular flexibility index (Phi) is 4.41. The molecular formula is C19H17N3O4S. The Hall–Kier alpha value is -3.13. The summed E-state index contributed by atoms with van der Waals surface area (Å²) in [6.07, 6.45) is 0. The summed E-state index contributed by atoms with van der Waals surface area (Å²) in [7, 11) is 1.62. The van der Waals surface area contributed by atoms with E-state index in [-0.39, 0.29) is 11.6 Å². The number of methoxy groups -OCH3 is 1. The molecule has 0 atom stereocenters. The topological polar surface area (TPSA) is 84.7 Å². The second-order valence-corrected chi connectivity index (χ2v) is 7.30. The van der Waals surface area contributed by atoms with Crippen LogP contribution >= 0.6 is 11.3 Å². The smallest absolute Gasteiger partial charge is 0.269 e. The van der Waals surface area contributed by atoms with Crippen LogP contribution in [-0.4, -0.2) is 31.0 Å². The van der Waals surface area contributed by atoms with E-state index >= 15 is 0 Å². The minimum atomic E-state index is -0.408. The fourth-order valence-electron chi connectivity index (χ4n) is 3.26. The molecule has 0 saturated heterocycles. The molecule has 0 saturated carbocycles. The molecule has 0 aliphatic carbocycles. The van der Waals surface area contributed by atoms with Crippen molar-refractivity contribution >= 4 is 38.7 Å². The van der Waals surface area contributed by atoms with Gasteiger partial charge < -0.3 is 15.0 Å². The van der Waals surface area contributed by atoms with Gasteiger partial charge in [0.2, 0.25) is 0 Å². The lowest BCUT2D eigenvalue weighted by Crippen LogP contribution is -2.29. The number of benzene rings is 2. The third-order valence-electron chi connectivity index (χ3n) is 4.58. The van der Waals surface area contributed by atoms with Crippen molar-refractivity contribution in [2.24, 2.45) is 0 Å². The van der Waals surface area contributed by atoms with Crippen LogP contribution < -0.4 is 15.0 Å². The van der Waals surface area contributed by atoms with Crippen molar-refractivity contribution in [3.63, 3.8) is 0 Å². The van der Waals surface area contributed by atoms with Crippen LogP contribution in [0.15, 0.2) is 42.5 Å². The highest BCUT2D eigenvalue weighted by molar-refractivity contribution is 7.21. The van der Waals surface area contributed by atoms with Gasteiger partial charge in [0, 0.05) is 41.9 Å². The molecular weight excluding hydrogens is 366 g/mol. The Bertz CT molecular complexity index is 1030. The molecule has 4 rings (SSSR count). The summed E-state index contributed by atoms with van der Waals surface area (Å²) in [6.45, 7) is 1.75. The van der Waals surface area contributed by atoms with Gasteiger partial charge in [0.15, 0.2) is 0 Å². The quantitative estimate of drug-likeness (QED) is 0.550. The summed E-state index contributed by atoms with van der Waals surface area (Å²) < 4.78 is 6.37. The van der Waals surface area contributed by atoms with Crippen LogP contribution in [0.4, 0.5) is 11.4 Å². The van der Waals surface area contributed by atoms with Crippen molar-refractivity contribution in [1.29, 1.82) is 0 Å². The molecule has 1 aliphatic heterocycles. The van der Waals surface area contributed by atoms with Gasteiger partial charge in [-0.25, -0.2) is 0 Å². The number of carbonyl (C=O) groups excluding carboxylic acids is 1. The first-order valence-corrected chi connectivity index (χ1v) is 9.25. The lowest BCUT2D eigenvalue weighted by molar-refractivity contribution is -0.384. The lowest BCUT2D eigenvalue weighted by Gasteiger charge is -2.23. The average Bonchev–Trinajstić information content (AvgIpc) is 2.98. The highest BCUT2D eigenvalue weighted by Crippen LogP contribution is 2.41. The van der Waals surface area contributed by atoms with Gasteiger partial charge in [-0.05, 0) is 23.8 Å². The second-order valence-electron chi connectivity index (χ2n) is 6.24. The van der Waals surface area contributed by atoms with E-state index < -0.39 is 4.92 Å². The van der Waals surface area contributed by atoms with E-state index in [9.17, 15) is 14.9 Å². The van der Waals surface area contributed by atoms with Crippen LogP contribution in [0.25, 0.3) is 10.1 Å². The third kappa shape index (κ3) is 3.19. The fraction of sp³-hybridized carbons (Fsp3) is 0.211. The second kappa shape index (κ2) is 6.88. The first-order chi connectivity index (χ1) is 13.1. The Labute approximate surface area is 159 Å². The highest BCUT2D eigenvalue weighted by Gasteiger charge is 2.26. The SMILES string of the molecule is COc1ccc2sc3c(c2c1)N(Cc1ccc([N+](=O)[O-])cc1)CCNC3=O. The molecule has 138 valence electrons. The molecule has 1 aliphatic rings. The average molecular weight is 383 g/mol. The van der Waals surface area contributed by atoms with Crippen molar-refractivity contribution < 1.29 is 14.5 Å². The largest absolute Gasteiger partial charge is 0.497 e. The number of nitrogens with zero attached hydrogens (tertiary/aromatic N) is 2. The lowest BCUT2D eigenvalue weighted by atomic mass is 10.1. The monoisotopic (exact) mass is 383 g/mol. The van der Waals surface area contributed by atoms with Crippen LogP contribution in [0, 0.1) is 10.1 Å². The van der Waals surface area contributed by atoms with Crippen molar-refractivity contribution in [2.45, 2.75) is 6.54 Å². The maximum atomic E-state index is 12.5. The standard InChI is InChI=1S/C19H17N3O4S/c1-26-14-6-7-16-15(10-14)17-18(27-16)19(23)20-8-9-21(17)11-12-2-4-13(5-3-12)22(24)25/h2-7,10H,8-9,11H2,1H3,(H,20,23). The summed E-state index contributed by atoms with van der Waals surface area (Å²) in [6, 6.07) is 12.3. The molecule has 2 aromatic carbocycles. The number of carbonyl (C=O) groups is 1. The third-order valence-corrected chi connectivity index (χ3v) is 5.74. The van der Waals surface area contributed by atoms with Crippen molar-refractivity contribution in [3.8, 4) is 5.75 Å². The molecule has 1 amide bonds. The predicted molar refractivity (Wildman–Crippen MR) is 105 cm³/mol. The summed E-state index contributed by atoms with van der Waals surface area (Å²) in [5.41, 5.74) is 1.91. The summed E-state index contributed by atoms with van der Waals surface area (Å²) >= 11 is 1.46. The van der Waals surface area contributed by atoms with Gasteiger partial charge in [-0.15, -0.1) is 11.3 Å². The predicted octanol–water partition coefficient (Wildman–Crippen LogP) is 3.57. The number of rotatable bonds is 4. The number of hydrogen-bond acceptors (Lipinski definition) is 6. The van der Waals surface area contributed by atoms with E-state index in [1.54, 1.807) is 19.2 Å². The maximum Gasteiger partial charge on any atom is 0.269 e. The summed E-state index contributed by atoms with van der Waals surface area (Å²) in [5, 5.41) is 14.8. The van der Waals surface area contributed by atoms with Gasteiger partial charge in [0.05, 0.1) is 17.7 Å². The van der Waals surface area contributed by atoms with Gasteiger partial charge in [-0.1, -0.05) is 12.1 Å². The molecule has 7 nitrogen and oxygen atoms in total. The van der Waals surface area contributed by atoms with Crippen LogP contribution in [0.1, 0.15) is 15.2 Å². The number of nitro groups is 1. The van der Waals surface area contributed by atoms with Gasteiger partial charge in [0.1, 0.15) is 10.6 Å². The highest BCUT2D eigenvalue weighted by atomic mass is 32.1. The molecule has 1 N–H and O–H groups in total. The zero-order valence-electron chi connectivity index (χ0n) is 14.6. The molecule has 3 aromatic rings. The molecule has 2 heterocycles. The number of nitrogens with one attached hydrogen (secondary N) is 1. The first kappa shape index (κ1) is 17.3. The molecule has 8 heteroatoms. The number of thiophene rings is 1. The first-order valence-electron chi connectivity index (χ1n) is 8.44. The Balaban J connectivity index is 1.76. The van der Waals surface area contributed by atoms with Crippen LogP contribution in [0.2, 0.25) is 0 Å². The minimum absolute atomic E-state index is 0.0675. The van der Waals surface area contributed by atoms with Crippen LogP contribution in [0.5, 0.6) is 5.75 Å². The molecule has 0 radical (unpaired) electrons. The number of hydrogen-bond donors (Lipinski definition) is 1. The van der Waals surface area contributed by atoms with E-state index in [1.807, 2.05) is 18.2 Å². The number of non-ortho nitro benzene ring substituents is 1. The molecule has 27 heavy (non-hydrogen) atoms. The number of fused-ring (bicyclic) bond motifs is 3. The Morgan fingerprint density at radius 2 is 2.04 bits per heavy atom. The van der Waals surface area contributed by atoms with Gasteiger partial charge >= 0.3 is 0 Å². The normalized spacial score (nSPS) is 13.8. The number of nitro benzene ring substituents is 1. The van der Waals surface area contributed by atoms with E-state index in [1.165, 1.54) is 23.5 Å². The number of amides is 1. The summed E-state index contributed by atoms with van der Waals surface area (Å²) in [5.74, 6) is 0.666. The van der Waals surface area contributed by atoms with Crippen molar-refractivity contribution in [2.75, 3.05) is 25.1 Å². The molecule has 0 bridgehead atoms. The number of ether oxygens (including phenoxy) is 1. The van der Waals surface area contributed by atoms with Crippen molar-refractivity contribution in [1.82, 2.24) is 5.32 Å². The Morgan fingerprint density at radius 1 is 1.26 bits per heavy atom. The van der Waals surface area contributed by atoms with E-state index in [4.69, 9.17) is 4.74 Å². The van der Waals surface area contributed by atoms with E-state index in [0.717, 1.165) is 27.1 Å². The Morgan fingerprint density at radius 3 is 2.74 bits per heavy atom. The molecule has 0 fully saturated rings. The van der Waals surface area contributed by atoms with Crippen LogP contribution in [0.3, 0.4) is 0 Å². The van der Waals surface area contributed by atoms with Crippen molar-refractivity contribution in [3.05, 3.63) is 63.0 Å². The summed E-state index contributed by atoms with van der Waals surface area (Å²) in [4.78, 5) is 25.8. The van der Waals surface area contributed by atoms with Crippen LogP contribution in [-0.2, 0) is 6.54 Å². The number of anilines is 1. The molecule has 0 unspecified atom stereocenters. The maximum absolute atomic E-state index is 12.5. The minimum Gasteiger partial charge on any atom is -0.497 e. The molecule has 1 aromatic heterocycles. The fourth-order valence-corrected chi connectivity index (χ4v) is 4.38. The zero-order chi connectivity index (χ0) is 19.0.